The van der Waals surface area contributed by atoms with Gasteiger partial charge in [-0.25, -0.2) is 19.7 Å². The standard InChI is InChI=1S/C23H21N5O3.C19H23NO4/c1-27-22(29)12-20(19-6-8-24-15-25-19)26-23(27)28-9-11-31-21(13-28)17-4-2-16(3-5-17)18-7-10-30-14-18;1-19(2,3)24-18(21)20-9-11-23-17(12-20)15-6-4-14(5-7-15)16-8-10-22-13-16/h2-8,10,12,14-15,21H,9,11,13H2,1H3;4-8,10,13,17H,9,11-12H2,1-3H3. The minimum atomic E-state index is -0.489. The Labute approximate surface area is 319 Å². The predicted octanol–water partition coefficient (Wildman–Crippen LogP) is 7.33. The number of ether oxygens (including phenoxy) is 3. The summed E-state index contributed by atoms with van der Waals surface area (Å²) in [4.78, 5) is 41.5. The molecule has 284 valence electrons. The smallest absolute Gasteiger partial charge is 0.410 e. The number of benzene rings is 2. The van der Waals surface area contributed by atoms with Gasteiger partial charge in [-0.3, -0.25) is 9.36 Å². The lowest BCUT2D eigenvalue weighted by Gasteiger charge is -2.34. The second-order valence-electron chi connectivity index (χ2n) is 14.3. The lowest BCUT2D eigenvalue weighted by molar-refractivity contribution is -0.0432. The molecule has 2 aliphatic heterocycles. The van der Waals surface area contributed by atoms with Gasteiger partial charge in [-0.1, -0.05) is 48.5 Å². The van der Waals surface area contributed by atoms with Gasteiger partial charge in [-0.15, -0.1) is 0 Å². The summed E-state index contributed by atoms with van der Waals surface area (Å²) in [5.74, 6) is 0.601. The van der Waals surface area contributed by atoms with E-state index in [9.17, 15) is 9.59 Å². The van der Waals surface area contributed by atoms with Gasteiger partial charge in [0.1, 0.15) is 24.1 Å². The molecule has 0 bridgehead atoms. The third-order valence-corrected chi connectivity index (χ3v) is 9.30. The Morgan fingerprint density at radius 2 is 1.36 bits per heavy atom. The maximum atomic E-state index is 12.6. The van der Waals surface area contributed by atoms with Crippen molar-refractivity contribution in [3.63, 3.8) is 0 Å². The van der Waals surface area contributed by atoms with Crippen molar-refractivity contribution in [1.82, 2.24) is 24.4 Å². The van der Waals surface area contributed by atoms with Gasteiger partial charge >= 0.3 is 6.09 Å². The normalized spacial score (nSPS) is 17.3. The maximum absolute atomic E-state index is 12.6. The summed E-state index contributed by atoms with van der Waals surface area (Å²) >= 11 is 0. The highest BCUT2D eigenvalue weighted by atomic mass is 16.6. The fourth-order valence-electron chi connectivity index (χ4n) is 6.40. The predicted molar refractivity (Wildman–Crippen MR) is 206 cm³/mol. The zero-order chi connectivity index (χ0) is 38.4. The number of rotatable bonds is 6. The Bertz CT molecular complexity index is 2200. The summed E-state index contributed by atoms with van der Waals surface area (Å²) in [6.45, 7) is 8.97. The van der Waals surface area contributed by atoms with Gasteiger partial charge in [0.15, 0.2) is 0 Å². The van der Waals surface area contributed by atoms with E-state index in [0.29, 0.717) is 56.7 Å². The second kappa shape index (κ2) is 16.5. The summed E-state index contributed by atoms with van der Waals surface area (Å²) in [5, 5.41) is 0. The Hall–Kier alpha value is -6.05. The number of furan rings is 2. The zero-order valence-corrected chi connectivity index (χ0v) is 31.3. The Morgan fingerprint density at radius 3 is 1.91 bits per heavy atom. The molecule has 2 fully saturated rings. The highest BCUT2D eigenvalue weighted by Gasteiger charge is 2.29. The van der Waals surface area contributed by atoms with E-state index in [0.717, 1.165) is 33.4 Å². The third-order valence-electron chi connectivity index (χ3n) is 9.30. The molecule has 2 aromatic carbocycles. The van der Waals surface area contributed by atoms with Crippen molar-refractivity contribution < 1.29 is 27.8 Å². The van der Waals surface area contributed by atoms with Crippen molar-refractivity contribution in [2.24, 2.45) is 7.05 Å². The summed E-state index contributed by atoms with van der Waals surface area (Å²) in [6.07, 6.45) is 9.32. The number of carbonyl (C=O) groups is 1. The lowest BCUT2D eigenvalue weighted by atomic mass is 10.0. The average Bonchev–Trinajstić information content (AvgIpc) is 3.96. The molecule has 55 heavy (non-hydrogen) atoms. The number of hydrogen-bond acceptors (Lipinski definition) is 11. The molecular formula is C42H44N6O7. The van der Waals surface area contributed by atoms with Crippen LogP contribution in [0.2, 0.25) is 0 Å². The van der Waals surface area contributed by atoms with Gasteiger partial charge in [0, 0.05) is 43.5 Å². The molecule has 13 heteroatoms. The molecule has 1 amide bonds. The fraction of sp³-hybridized carbons (Fsp3) is 0.310. The third kappa shape index (κ3) is 9.19. The zero-order valence-electron chi connectivity index (χ0n) is 31.3. The van der Waals surface area contributed by atoms with Crippen LogP contribution in [0.3, 0.4) is 0 Å². The van der Waals surface area contributed by atoms with Crippen molar-refractivity contribution in [2.75, 3.05) is 44.3 Å². The molecule has 2 aliphatic rings. The van der Waals surface area contributed by atoms with Crippen LogP contribution in [0.4, 0.5) is 10.7 Å². The van der Waals surface area contributed by atoms with Gasteiger partial charge in [0.05, 0.1) is 62.7 Å². The van der Waals surface area contributed by atoms with Crippen molar-refractivity contribution in [3.05, 3.63) is 132 Å². The second-order valence-corrected chi connectivity index (χ2v) is 14.3. The van der Waals surface area contributed by atoms with Gasteiger partial charge in [-0.05, 0) is 61.2 Å². The van der Waals surface area contributed by atoms with E-state index in [1.54, 1.807) is 53.8 Å². The minimum absolute atomic E-state index is 0.119. The average molecular weight is 745 g/mol. The van der Waals surface area contributed by atoms with E-state index in [-0.39, 0.29) is 23.9 Å². The van der Waals surface area contributed by atoms with E-state index in [1.165, 1.54) is 12.4 Å². The van der Waals surface area contributed by atoms with Crippen molar-refractivity contribution in [1.29, 1.82) is 0 Å². The molecule has 2 atom stereocenters. The van der Waals surface area contributed by atoms with Crippen molar-refractivity contribution in [3.8, 4) is 33.6 Å². The van der Waals surface area contributed by atoms with Gasteiger partial charge < -0.3 is 32.8 Å². The summed E-state index contributed by atoms with van der Waals surface area (Å²) in [6, 6.07) is 23.5. The topological polar surface area (TPSA) is 138 Å². The van der Waals surface area contributed by atoms with Gasteiger partial charge in [-0.2, -0.15) is 0 Å². The molecule has 0 spiro atoms. The molecule has 6 heterocycles. The van der Waals surface area contributed by atoms with Crippen LogP contribution in [0.5, 0.6) is 0 Å². The van der Waals surface area contributed by atoms with Crippen LogP contribution in [-0.2, 0) is 21.3 Å². The molecule has 0 saturated carbocycles. The van der Waals surface area contributed by atoms with Crippen LogP contribution in [0.15, 0.2) is 124 Å². The summed E-state index contributed by atoms with van der Waals surface area (Å²) in [7, 11) is 1.73. The lowest BCUT2D eigenvalue weighted by Crippen LogP contribution is -2.44. The molecule has 2 unspecified atom stereocenters. The molecule has 4 aromatic heterocycles. The number of hydrogen-bond donors (Lipinski definition) is 0. The minimum Gasteiger partial charge on any atom is -0.472 e. The first-order valence-electron chi connectivity index (χ1n) is 18.2. The molecular weight excluding hydrogens is 700 g/mol. The maximum Gasteiger partial charge on any atom is 0.410 e. The van der Waals surface area contributed by atoms with Crippen LogP contribution < -0.4 is 10.5 Å². The number of morpholine rings is 2. The van der Waals surface area contributed by atoms with Crippen molar-refractivity contribution >= 4 is 12.0 Å². The number of amides is 1. The van der Waals surface area contributed by atoms with E-state index < -0.39 is 5.60 Å². The van der Waals surface area contributed by atoms with Crippen molar-refractivity contribution in [2.45, 2.75) is 38.6 Å². The monoisotopic (exact) mass is 744 g/mol. The van der Waals surface area contributed by atoms with Gasteiger partial charge in [0.25, 0.3) is 5.56 Å². The first kappa shape index (κ1) is 37.3. The molecule has 0 aliphatic carbocycles. The number of aromatic nitrogens is 4. The summed E-state index contributed by atoms with van der Waals surface area (Å²) < 4.78 is 29.2. The molecule has 0 radical (unpaired) electrons. The highest BCUT2D eigenvalue weighted by Crippen LogP contribution is 2.29. The Kier molecular flexibility index (Phi) is 11.2. The Balaban J connectivity index is 0.000000175. The van der Waals surface area contributed by atoms with Crippen LogP contribution in [0.1, 0.15) is 44.1 Å². The van der Waals surface area contributed by atoms with E-state index in [2.05, 4.69) is 39.1 Å². The van der Waals surface area contributed by atoms with Gasteiger partial charge in [0.2, 0.25) is 5.95 Å². The molecule has 8 rings (SSSR count). The number of carbonyl (C=O) groups excluding carboxylic acids is 1. The fourth-order valence-corrected chi connectivity index (χ4v) is 6.40. The largest absolute Gasteiger partial charge is 0.472 e. The first-order valence-corrected chi connectivity index (χ1v) is 18.2. The quantitative estimate of drug-likeness (QED) is 0.169. The van der Waals surface area contributed by atoms with E-state index in [4.69, 9.17) is 28.0 Å². The van der Waals surface area contributed by atoms with E-state index in [1.807, 2.05) is 57.2 Å². The molecule has 0 N–H and O–H groups in total. The molecule has 6 aromatic rings. The van der Waals surface area contributed by atoms with Crippen LogP contribution in [0, 0.1) is 0 Å². The number of anilines is 1. The van der Waals surface area contributed by atoms with E-state index >= 15 is 0 Å². The van der Waals surface area contributed by atoms with Crippen LogP contribution in [-0.4, -0.2) is 75.5 Å². The highest BCUT2D eigenvalue weighted by molar-refractivity contribution is 5.68. The van der Waals surface area contributed by atoms with Crippen LogP contribution in [0.25, 0.3) is 33.6 Å². The first-order chi connectivity index (χ1) is 26.6. The summed E-state index contributed by atoms with van der Waals surface area (Å²) in [5.41, 5.74) is 6.92. The Morgan fingerprint density at radius 1 is 0.764 bits per heavy atom. The van der Waals surface area contributed by atoms with Crippen LogP contribution >= 0.6 is 0 Å². The number of nitrogens with zero attached hydrogens (tertiary/aromatic N) is 6. The molecule has 2 saturated heterocycles. The SMILES string of the molecule is CC(C)(C)OC(=O)N1CCOC(c2ccc(-c3ccoc3)cc2)C1.Cn1c(N2CCOC(c3ccc(-c4ccoc4)cc3)C2)nc(-c2ccncn2)cc1=O. The molecule has 13 nitrogen and oxygen atoms in total.